The molecule has 102 valence electrons. The molecule has 1 aliphatic carbocycles. The molecule has 1 aliphatic rings. The SMILES string of the molecule is COC(C)CN(C)C1(CN)CCCC(OC)C1. The number of nitrogens with zero attached hydrogens (tertiary/aromatic N) is 1. The first-order valence-electron chi connectivity index (χ1n) is 6.55. The summed E-state index contributed by atoms with van der Waals surface area (Å²) in [5.74, 6) is 0. The van der Waals surface area contributed by atoms with Gasteiger partial charge in [-0.1, -0.05) is 0 Å². The predicted molar refractivity (Wildman–Crippen MR) is 70.2 cm³/mol. The van der Waals surface area contributed by atoms with E-state index in [1.54, 1.807) is 14.2 Å². The van der Waals surface area contributed by atoms with Crippen LogP contribution in [0.25, 0.3) is 0 Å². The van der Waals surface area contributed by atoms with Crippen LogP contribution in [0.4, 0.5) is 0 Å². The van der Waals surface area contributed by atoms with Gasteiger partial charge in [0, 0.05) is 32.8 Å². The molecule has 0 aromatic carbocycles. The molecule has 0 radical (unpaired) electrons. The molecule has 0 bridgehead atoms. The zero-order valence-electron chi connectivity index (χ0n) is 11.7. The molecular weight excluding hydrogens is 216 g/mol. The molecule has 0 heterocycles. The third-order valence-electron chi connectivity index (χ3n) is 4.23. The summed E-state index contributed by atoms with van der Waals surface area (Å²) in [4.78, 5) is 2.37. The normalized spacial score (nSPS) is 31.8. The minimum atomic E-state index is 0.0890. The van der Waals surface area contributed by atoms with Crippen molar-refractivity contribution in [2.75, 3.05) is 34.4 Å². The highest BCUT2D eigenvalue weighted by Gasteiger charge is 2.39. The first-order chi connectivity index (χ1) is 8.07. The Labute approximate surface area is 105 Å². The van der Waals surface area contributed by atoms with Gasteiger partial charge in [0.1, 0.15) is 0 Å². The van der Waals surface area contributed by atoms with Gasteiger partial charge in [-0.3, -0.25) is 4.90 Å². The molecule has 17 heavy (non-hydrogen) atoms. The van der Waals surface area contributed by atoms with Gasteiger partial charge in [-0.05, 0) is 39.7 Å². The van der Waals surface area contributed by atoms with Gasteiger partial charge in [-0.15, -0.1) is 0 Å². The fraction of sp³-hybridized carbons (Fsp3) is 1.00. The third-order valence-corrected chi connectivity index (χ3v) is 4.23. The van der Waals surface area contributed by atoms with Crippen LogP contribution in [0.3, 0.4) is 0 Å². The summed E-state index contributed by atoms with van der Waals surface area (Å²) < 4.78 is 10.9. The summed E-state index contributed by atoms with van der Waals surface area (Å²) in [7, 11) is 5.71. The summed E-state index contributed by atoms with van der Waals surface area (Å²) in [5, 5.41) is 0. The van der Waals surface area contributed by atoms with Crippen molar-refractivity contribution in [1.29, 1.82) is 0 Å². The molecule has 0 aromatic rings. The highest BCUT2D eigenvalue weighted by molar-refractivity contribution is 4.96. The maximum atomic E-state index is 6.04. The van der Waals surface area contributed by atoms with Crippen molar-refractivity contribution < 1.29 is 9.47 Å². The lowest BCUT2D eigenvalue weighted by Crippen LogP contribution is -2.57. The van der Waals surface area contributed by atoms with E-state index < -0.39 is 0 Å². The molecule has 3 atom stereocenters. The van der Waals surface area contributed by atoms with Crippen molar-refractivity contribution in [3.05, 3.63) is 0 Å². The molecule has 1 fully saturated rings. The smallest absolute Gasteiger partial charge is 0.0670 e. The Bertz CT molecular complexity index is 225. The van der Waals surface area contributed by atoms with E-state index in [4.69, 9.17) is 15.2 Å². The highest BCUT2D eigenvalue weighted by atomic mass is 16.5. The number of rotatable bonds is 6. The van der Waals surface area contributed by atoms with Gasteiger partial charge in [-0.25, -0.2) is 0 Å². The van der Waals surface area contributed by atoms with Crippen LogP contribution in [0.2, 0.25) is 0 Å². The summed E-state index contributed by atoms with van der Waals surface area (Å²) in [6.45, 7) is 3.71. The second-order valence-electron chi connectivity index (χ2n) is 5.31. The van der Waals surface area contributed by atoms with E-state index in [1.165, 1.54) is 6.42 Å². The Balaban J connectivity index is 2.65. The van der Waals surface area contributed by atoms with Gasteiger partial charge >= 0.3 is 0 Å². The van der Waals surface area contributed by atoms with Crippen LogP contribution in [-0.4, -0.2) is 57.0 Å². The minimum Gasteiger partial charge on any atom is -0.381 e. The number of ether oxygens (including phenoxy) is 2. The molecule has 4 nitrogen and oxygen atoms in total. The molecule has 2 N–H and O–H groups in total. The topological polar surface area (TPSA) is 47.7 Å². The number of nitrogens with two attached hydrogens (primary N) is 1. The van der Waals surface area contributed by atoms with Crippen LogP contribution in [0.1, 0.15) is 32.6 Å². The van der Waals surface area contributed by atoms with Gasteiger partial charge in [0.2, 0.25) is 0 Å². The number of hydrogen-bond acceptors (Lipinski definition) is 4. The van der Waals surface area contributed by atoms with Crippen molar-refractivity contribution in [2.45, 2.75) is 50.4 Å². The highest BCUT2D eigenvalue weighted by Crippen LogP contribution is 2.33. The van der Waals surface area contributed by atoms with Crippen LogP contribution in [-0.2, 0) is 9.47 Å². The van der Waals surface area contributed by atoms with E-state index in [0.29, 0.717) is 12.6 Å². The minimum absolute atomic E-state index is 0.0890. The first kappa shape index (κ1) is 14.9. The number of likely N-dealkylation sites (N-methyl/N-ethyl adjacent to an activating group) is 1. The largest absolute Gasteiger partial charge is 0.381 e. The second kappa shape index (κ2) is 6.69. The first-order valence-corrected chi connectivity index (χ1v) is 6.55. The van der Waals surface area contributed by atoms with E-state index >= 15 is 0 Å². The summed E-state index contributed by atoms with van der Waals surface area (Å²) in [6.07, 6.45) is 5.15. The second-order valence-corrected chi connectivity index (χ2v) is 5.31. The molecule has 0 aromatic heterocycles. The van der Waals surface area contributed by atoms with Crippen molar-refractivity contribution in [3.8, 4) is 0 Å². The van der Waals surface area contributed by atoms with Crippen molar-refractivity contribution in [3.63, 3.8) is 0 Å². The third kappa shape index (κ3) is 3.65. The lowest BCUT2D eigenvalue weighted by molar-refractivity contribution is -0.0293. The molecule has 0 amide bonds. The fourth-order valence-corrected chi connectivity index (χ4v) is 2.83. The predicted octanol–water partition coefficient (Wildman–Crippen LogP) is 1.24. The molecule has 1 saturated carbocycles. The lowest BCUT2D eigenvalue weighted by atomic mass is 9.78. The summed E-state index contributed by atoms with van der Waals surface area (Å²) >= 11 is 0. The van der Waals surface area contributed by atoms with E-state index in [9.17, 15) is 0 Å². The maximum absolute atomic E-state index is 6.04. The van der Waals surface area contributed by atoms with Gasteiger partial charge in [0.05, 0.1) is 12.2 Å². The molecular formula is C13H28N2O2. The Kier molecular flexibility index (Phi) is 5.86. The van der Waals surface area contributed by atoms with Crippen LogP contribution in [0.15, 0.2) is 0 Å². The average Bonchev–Trinajstić information content (AvgIpc) is 2.38. The number of hydrogen-bond donors (Lipinski definition) is 1. The Morgan fingerprint density at radius 3 is 2.71 bits per heavy atom. The van der Waals surface area contributed by atoms with Crippen molar-refractivity contribution in [1.82, 2.24) is 4.90 Å². The molecule has 0 spiro atoms. The van der Waals surface area contributed by atoms with E-state index in [1.807, 2.05) is 0 Å². The van der Waals surface area contributed by atoms with E-state index in [2.05, 4.69) is 18.9 Å². The van der Waals surface area contributed by atoms with E-state index in [0.717, 1.165) is 25.8 Å². The Morgan fingerprint density at radius 1 is 1.47 bits per heavy atom. The molecule has 0 aliphatic heterocycles. The lowest BCUT2D eigenvalue weighted by Gasteiger charge is -2.46. The average molecular weight is 244 g/mol. The monoisotopic (exact) mass is 244 g/mol. The van der Waals surface area contributed by atoms with Crippen LogP contribution in [0, 0.1) is 0 Å². The maximum Gasteiger partial charge on any atom is 0.0670 e. The molecule has 1 rings (SSSR count). The zero-order valence-corrected chi connectivity index (χ0v) is 11.7. The van der Waals surface area contributed by atoms with E-state index in [-0.39, 0.29) is 11.6 Å². The Morgan fingerprint density at radius 2 is 2.18 bits per heavy atom. The zero-order chi connectivity index (χ0) is 12.9. The van der Waals surface area contributed by atoms with Crippen molar-refractivity contribution in [2.24, 2.45) is 5.73 Å². The molecule has 0 saturated heterocycles. The van der Waals surface area contributed by atoms with Crippen LogP contribution in [0.5, 0.6) is 0 Å². The quantitative estimate of drug-likeness (QED) is 0.763. The molecule has 4 heteroatoms. The van der Waals surface area contributed by atoms with Crippen LogP contribution >= 0.6 is 0 Å². The summed E-state index contributed by atoms with van der Waals surface area (Å²) in [6, 6.07) is 0. The van der Waals surface area contributed by atoms with Crippen LogP contribution < -0.4 is 5.73 Å². The number of methoxy groups -OCH3 is 2. The van der Waals surface area contributed by atoms with Gasteiger partial charge < -0.3 is 15.2 Å². The van der Waals surface area contributed by atoms with Crippen molar-refractivity contribution >= 4 is 0 Å². The molecule has 3 unspecified atom stereocenters. The van der Waals surface area contributed by atoms with Gasteiger partial charge in [0.25, 0.3) is 0 Å². The standard InChI is InChI=1S/C13H28N2O2/c1-11(16-3)9-15(2)13(10-14)7-5-6-12(8-13)17-4/h11-12H,5-10,14H2,1-4H3. The summed E-state index contributed by atoms with van der Waals surface area (Å²) in [5.41, 5.74) is 6.12. The Hall–Kier alpha value is -0.160. The van der Waals surface area contributed by atoms with Gasteiger partial charge in [-0.2, -0.15) is 0 Å². The fourth-order valence-electron chi connectivity index (χ4n) is 2.83. The van der Waals surface area contributed by atoms with Gasteiger partial charge in [0.15, 0.2) is 0 Å².